The molecule has 2 fully saturated rings. The highest BCUT2D eigenvalue weighted by Crippen LogP contribution is 2.53. The van der Waals surface area contributed by atoms with Crippen LogP contribution < -0.4 is 16.4 Å². The molecule has 4 atom stereocenters. The Kier molecular flexibility index (Phi) is 4.69. The van der Waals surface area contributed by atoms with Crippen molar-refractivity contribution in [1.29, 1.82) is 0 Å². The lowest BCUT2D eigenvalue weighted by Crippen LogP contribution is -2.53. The average Bonchev–Trinajstić information content (AvgIpc) is 3.25. The second-order valence-electron chi connectivity index (χ2n) is 8.10. The average molecular weight is 398 g/mol. The summed E-state index contributed by atoms with van der Waals surface area (Å²) in [5.41, 5.74) is 6.38. The number of hydrogen-bond donors (Lipinski definition) is 3. The zero-order valence-corrected chi connectivity index (χ0v) is 16.7. The highest BCUT2D eigenvalue weighted by atomic mass is 16.2. The lowest BCUT2D eigenvalue weighted by atomic mass is 9.76. The Balaban J connectivity index is 1.85. The normalized spacial score (nSPS) is 30.1. The van der Waals surface area contributed by atoms with Crippen LogP contribution in [-0.2, 0) is 31.1 Å². The lowest BCUT2D eigenvalue weighted by molar-refractivity contribution is -0.142. The number of rotatable bonds is 6. The highest BCUT2D eigenvalue weighted by molar-refractivity contribution is 6.15. The number of nitrogens with two attached hydrogens (primary N) is 1. The van der Waals surface area contributed by atoms with Crippen LogP contribution in [0.4, 0.5) is 5.69 Å². The van der Waals surface area contributed by atoms with Crippen LogP contribution in [0.1, 0.15) is 44.2 Å². The molecule has 4 unspecified atom stereocenters. The fourth-order valence-corrected chi connectivity index (χ4v) is 5.06. The summed E-state index contributed by atoms with van der Waals surface area (Å²) in [4.78, 5) is 52.7. The Morgan fingerprint density at radius 2 is 1.97 bits per heavy atom. The highest BCUT2D eigenvalue weighted by Gasteiger charge is 2.70. The first-order valence-electron chi connectivity index (χ1n) is 10.2. The summed E-state index contributed by atoms with van der Waals surface area (Å²) >= 11 is 0. The molecule has 0 radical (unpaired) electrons. The molecule has 3 aliphatic rings. The third kappa shape index (κ3) is 2.69. The van der Waals surface area contributed by atoms with E-state index in [0.717, 1.165) is 18.4 Å². The molecular weight excluding hydrogens is 372 g/mol. The van der Waals surface area contributed by atoms with Gasteiger partial charge < -0.3 is 11.1 Å². The third-order valence-corrected chi connectivity index (χ3v) is 6.44. The van der Waals surface area contributed by atoms with E-state index in [-0.39, 0.29) is 24.1 Å². The molecule has 4 amide bonds. The van der Waals surface area contributed by atoms with Gasteiger partial charge in [-0.1, -0.05) is 32.4 Å². The number of fused-ring (bicyclic) bond motifs is 4. The van der Waals surface area contributed by atoms with Crippen LogP contribution in [0, 0.1) is 11.8 Å². The molecule has 2 saturated heterocycles. The standard InChI is InChI=1S/C21H26N4O4/c1-3-5-8-25-18(27)16-14(10-15(22)26)24-21(17(16)19(25)28)12-9-11(4-2)6-7-13(12)23-20(21)29/h6-7,9,14,16-17,24H,3-5,8,10H2,1-2H3,(H2,22,26)(H,23,29). The van der Waals surface area contributed by atoms with Gasteiger partial charge >= 0.3 is 0 Å². The fraction of sp³-hybridized carbons (Fsp3) is 0.524. The van der Waals surface area contributed by atoms with Gasteiger partial charge in [-0.05, 0) is 24.5 Å². The second-order valence-corrected chi connectivity index (χ2v) is 8.10. The van der Waals surface area contributed by atoms with Crippen LogP contribution >= 0.6 is 0 Å². The predicted octanol–water partition coefficient (Wildman–Crippen LogP) is 0.645. The molecule has 1 aromatic rings. The van der Waals surface area contributed by atoms with Crippen molar-refractivity contribution >= 4 is 29.3 Å². The number of aryl methyl sites for hydroxylation is 1. The smallest absolute Gasteiger partial charge is 0.250 e. The molecule has 4 rings (SSSR count). The molecule has 0 saturated carbocycles. The minimum absolute atomic E-state index is 0.111. The van der Waals surface area contributed by atoms with Crippen LogP contribution in [0.2, 0.25) is 0 Å². The van der Waals surface area contributed by atoms with E-state index in [1.807, 2.05) is 32.0 Å². The van der Waals surface area contributed by atoms with Crippen molar-refractivity contribution < 1.29 is 19.2 Å². The van der Waals surface area contributed by atoms with Crippen molar-refractivity contribution in [2.24, 2.45) is 17.6 Å². The van der Waals surface area contributed by atoms with Gasteiger partial charge in [0.15, 0.2) is 0 Å². The zero-order valence-electron chi connectivity index (χ0n) is 16.7. The van der Waals surface area contributed by atoms with Crippen LogP contribution in [-0.4, -0.2) is 41.1 Å². The summed E-state index contributed by atoms with van der Waals surface area (Å²) in [6, 6.07) is 5.01. The number of imide groups is 1. The van der Waals surface area contributed by atoms with Crippen LogP contribution in [0.5, 0.6) is 0 Å². The number of amides is 4. The van der Waals surface area contributed by atoms with E-state index >= 15 is 0 Å². The molecule has 3 heterocycles. The van der Waals surface area contributed by atoms with Gasteiger partial charge in [0, 0.05) is 30.3 Å². The summed E-state index contributed by atoms with van der Waals surface area (Å²) in [5, 5.41) is 6.07. The van der Waals surface area contributed by atoms with E-state index in [0.29, 0.717) is 24.2 Å². The van der Waals surface area contributed by atoms with Crippen molar-refractivity contribution in [2.75, 3.05) is 11.9 Å². The van der Waals surface area contributed by atoms with Gasteiger partial charge in [-0.2, -0.15) is 0 Å². The Morgan fingerprint density at radius 1 is 1.21 bits per heavy atom. The summed E-state index contributed by atoms with van der Waals surface area (Å²) in [6.07, 6.45) is 2.19. The summed E-state index contributed by atoms with van der Waals surface area (Å²) < 4.78 is 0. The maximum absolute atomic E-state index is 13.4. The van der Waals surface area contributed by atoms with Crippen LogP contribution in [0.3, 0.4) is 0 Å². The summed E-state index contributed by atoms with van der Waals surface area (Å²) in [6.45, 7) is 4.32. The molecule has 29 heavy (non-hydrogen) atoms. The van der Waals surface area contributed by atoms with Gasteiger partial charge in [0.25, 0.3) is 0 Å². The molecule has 0 aliphatic carbocycles. The molecule has 8 heteroatoms. The molecule has 1 spiro atoms. The molecule has 0 bridgehead atoms. The number of carbonyl (C=O) groups excluding carboxylic acids is 4. The monoisotopic (exact) mass is 398 g/mol. The van der Waals surface area contributed by atoms with Crippen molar-refractivity contribution in [3.63, 3.8) is 0 Å². The summed E-state index contributed by atoms with van der Waals surface area (Å²) in [5.74, 6) is -3.28. The minimum atomic E-state index is -1.36. The number of hydrogen-bond acceptors (Lipinski definition) is 5. The Labute approximate surface area is 169 Å². The van der Waals surface area contributed by atoms with Gasteiger partial charge in [0.2, 0.25) is 23.6 Å². The Morgan fingerprint density at radius 3 is 2.62 bits per heavy atom. The van der Waals surface area contributed by atoms with E-state index in [4.69, 9.17) is 5.73 Å². The third-order valence-electron chi connectivity index (χ3n) is 6.44. The molecule has 4 N–H and O–H groups in total. The first-order valence-corrected chi connectivity index (χ1v) is 10.2. The molecule has 154 valence electrons. The molecule has 3 aliphatic heterocycles. The molecule has 1 aromatic carbocycles. The maximum atomic E-state index is 13.4. The van der Waals surface area contributed by atoms with Gasteiger partial charge in [0.05, 0.1) is 11.8 Å². The zero-order chi connectivity index (χ0) is 20.9. The molecule has 8 nitrogen and oxygen atoms in total. The SMILES string of the molecule is CCCCN1C(=O)C2C(CC(N)=O)NC3(C(=O)Nc4ccc(CC)cc43)C2C1=O. The van der Waals surface area contributed by atoms with Gasteiger partial charge in [0.1, 0.15) is 5.54 Å². The molecular formula is C21H26N4O4. The Bertz CT molecular complexity index is 914. The number of likely N-dealkylation sites (tertiary alicyclic amines) is 1. The van der Waals surface area contributed by atoms with Crippen molar-refractivity contribution in [3.8, 4) is 0 Å². The topological polar surface area (TPSA) is 122 Å². The predicted molar refractivity (Wildman–Crippen MR) is 105 cm³/mol. The Hall–Kier alpha value is -2.74. The van der Waals surface area contributed by atoms with E-state index < -0.39 is 29.3 Å². The van der Waals surface area contributed by atoms with Crippen molar-refractivity contribution in [2.45, 2.75) is 51.1 Å². The minimum Gasteiger partial charge on any atom is -0.370 e. The van der Waals surface area contributed by atoms with Crippen LogP contribution in [0.15, 0.2) is 18.2 Å². The van der Waals surface area contributed by atoms with Crippen molar-refractivity contribution in [3.05, 3.63) is 29.3 Å². The van der Waals surface area contributed by atoms with Gasteiger partial charge in [-0.3, -0.25) is 29.4 Å². The van der Waals surface area contributed by atoms with Gasteiger partial charge in [-0.15, -0.1) is 0 Å². The quantitative estimate of drug-likeness (QED) is 0.607. The first-order chi connectivity index (χ1) is 13.8. The first kappa shape index (κ1) is 19.6. The van der Waals surface area contributed by atoms with Crippen molar-refractivity contribution in [1.82, 2.24) is 10.2 Å². The summed E-state index contributed by atoms with van der Waals surface area (Å²) in [7, 11) is 0. The second kappa shape index (κ2) is 6.95. The largest absolute Gasteiger partial charge is 0.370 e. The number of carbonyl (C=O) groups is 4. The van der Waals surface area contributed by atoms with E-state index in [1.165, 1.54) is 4.90 Å². The number of anilines is 1. The molecule has 0 aromatic heterocycles. The number of primary amides is 1. The van der Waals surface area contributed by atoms with Crippen LogP contribution in [0.25, 0.3) is 0 Å². The maximum Gasteiger partial charge on any atom is 0.250 e. The van der Waals surface area contributed by atoms with E-state index in [2.05, 4.69) is 10.6 Å². The number of benzene rings is 1. The lowest BCUT2D eigenvalue weighted by Gasteiger charge is -2.29. The number of nitrogens with one attached hydrogen (secondary N) is 2. The van der Waals surface area contributed by atoms with E-state index in [9.17, 15) is 19.2 Å². The van der Waals surface area contributed by atoms with Gasteiger partial charge in [-0.25, -0.2) is 0 Å². The number of nitrogens with zero attached hydrogens (tertiary/aromatic N) is 1. The fourth-order valence-electron chi connectivity index (χ4n) is 5.06. The number of unbranched alkanes of at least 4 members (excludes halogenated alkanes) is 1. The van der Waals surface area contributed by atoms with E-state index in [1.54, 1.807) is 0 Å².